The second-order valence-corrected chi connectivity index (χ2v) is 10.0. The van der Waals surface area contributed by atoms with Crippen LogP contribution in [0.15, 0.2) is 83.1 Å². The van der Waals surface area contributed by atoms with Crippen LogP contribution in [0.25, 0.3) is 11.7 Å². The SMILES string of the molecule is CC(c1ccccc1)N1C(=O)C(=Cc2c(NCCCn3ccnc3)nc3ccccn3c2=O)SC1=S. The fraction of sp³-hybridized carbons (Fsp3) is 0.192. The van der Waals surface area contributed by atoms with Gasteiger partial charge in [-0.25, -0.2) is 9.97 Å². The fourth-order valence-electron chi connectivity index (χ4n) is 4.08. The van der Waals surface area contributed by atoms with Crippen molar-refractivity contribution < 1.29 is 4.79 Å². The van der Waals surface area contributed by atoms with Crippen LogP contribution < -0.4 is 10.9 Å². The maximum atomic E-state index is 13.4. The number of carbonyl (C=O) groups is 1. The van der Waals surface area contributed by atoms with Crippen molar-refractivity contribution in [3.05, 3.63) is 99.8 Å². The first-order chi connectivity index (χ1) is 17.5. The van der Waals surface area contributed by atoms with Gasteiger partial charge in [0, 0.05) is 31.7 Å². The predicted molar refractivity (Wildman–Crippen MR) is 147 cm³/mol. The van der Waals surface area contributed by atoms with Crippen LogP contribution in [0.1, 0.15) is 30.5 Å². The van der Waals surface area contributed by atoms with E-state index >= 15 is 0 Å². The highest BCUT2D eigenvalue weighted by Gasteiger charge is 2.36. The first-order valence-corrected chi connectivity index (χ1v) is 12.8. The number of nitrogens with one attached hydrogen (secondary N) is 1. The second kappa shape index (κ2) is 10.5. The average Bonchev–Trinajstić information content (AvgIpc) is 3.51. The van der Waals surface area contributed by atoms with Gasteiger partial charge in [0.1, 0.15) is 15.8 Å². The Hall–Kier alpha value is -3.76. The number of nitrogens with zero attached hydrogens (tertiary/aromatic N) is 5. The lowest BCUT2D eigenvalue weighted by Crippen LogP contribution is -2.31. The molecule has 4 heterocycles. The van der Waals surface area contributed by atoms with Crippen molar-refractivity contribution in [1.82, 2.24) is 23.8 Å². The van der Waals surface area contributed by atoms with Crippen molar-refractivity contribution in [1.29, 1.82) is 0 Å². The number of aromatic nitrogens is 4. The number of pyridine rings is 1. The van der Waals surface area contributed by atoms with E-state index in [4.69, 9.17) is 12.2 Å². The van der Waals surface area contributed by atoms with Crippen molar-refractivity contribution >= 4 is 51.7 Å². The van der Waals surface area contributed by atoms with Crippen LogP contribution >= 0.6 is 24.0 Å². The van der Waals surface area contributed by atoms with Gasteiger partial charge in [0.2, 0.25) is 0 Å². The number of anilines is 1. The summed E-state index contributed by atoms with van der Waals surface area (Å²) in [6.07, 6.45) is 9.51. The molecule has 1 aliphatic rings. The van der Waals surface area contributed by atoms with Gasteiger partial charge in [0.15, 0.2) is 0 Å². The predicted octanol–water partition coefficient (Wildman–Crippen LogP) is 4.36. The Labute approximate surface area is 217 Å². The maximum Gasteiger partial charge on any atom is 0.267 e. The van der Waals surface area contributed by atoms with Gasteiger partial charge >= 0.3 is 0 Å². The molecule has 1 amide bonds. The normalized spacial score (nSPS) is 15.7. The number of rotatable bonds is 8. The van der Waals surface area contributed by atoms with E-state index in [-0.39, 0.29) is 17.5 Å². The molecular weight excluding hydrogens is 492 g/mol. The lowest BCUT2D eigenvalue weighted by atomic mass is 10.1. The molecule has 1 aromatic carbocycles. The van der Waals surface area contributed by atoms with E-state index in [1.165, 1.54) is 16.2 Å². The van der Waals surface area contributed by atoms with E-state index in [2.05, 4.69) is 15.3 Å². The largest absolute Gasteiger partial charge is 0.369 e. The number of imidazole rings is 1. The summed E-state index contributed by atoms with van der Waals surface area (Å²) >= 11 is 6.76. The number of thioether (sulfide) groups is 1. The number of thiocarbonyl (C=S) groups is 1. The number of amides is 1. The smallest absolute Gasteiger partial charge is 0.267 e. The molecule has 1 aliphatic heterocycles. The topological polar surface area (TPSA) is 84.5 Å². The number of aryl methyl sites for hydroxylation is 1. The molecule has 1 saturated heterocycles. The molecule has 182 valence electrons. The lowest BCUT2D eigenvalue weighted by molar-refractivity contribution is -0.123. The van der Waals surface area contributed by atoms with E-state index in [0.29, 0.717) is 32.8 Å². The minimum atomic E-state index is -0.251. The van der Waals surface area contributed by atoms with Crippen LogP contribution in [-0.2, 0) is 11.3 Å². The molecule has 0 spiro atoms. The van der Waals surface area contributed by atoms with Crippen molar-refractivity contribution in [2.24, 2.45) is 0 Å². The van der Waals surface area contributed by atoms with Crippen LogP contribution in [0.2, 0.25) is 0 Å². The molecule has 3 aromatic heterocycles. The summed E-state index contributed by atoms with van der Waals surface area (Å²) < 4.78 is 3.94. The molecule has 5 rings (SSSR count). The molecule has 10 heteroatoms. The van der Waals surface area contributed by atoms with Gasteiger partial charge in [-0.05, 0) is 37.1 Å². The Morgan fingerprint density at radius 3 is 2.69 bits per heavy atom. The summed E-state index contributed by atoms with van der Waals surface area (Å²) in [5.41, 5.74) is 1.60. The summed E-state index contributed by atoms with van der Waals surface area (Å²) in [5, 5.41) is 3.30. The molecule has 0 aliphatic carbocycles. The minimum absolute atomic E-state index is 0.218. The number of hydrogen-bond donors (Lipinski definition) is 1. The molecule has 0 bridgehead atoms. The fourth-order valence-corrected chi connectivity index (χ4v) is 5.48. The van der Waals surface area contributed by atoms with Gasteiger partial charge in [-0.1, -0.05) is 60.4 Å². The van der Waals surface area contributed by atoms with Crippen molar-refractivity contribution in [2.75, 3.05) is 11.9 Å². The Balaban J connectivity index is 1.45. The molecule has 8 nitrogen and oxygen atoms in total. The highest BCUT2D eigenvalue weighted by molar-refractivity contribution is 8.26. The van der Waals surface area contributed by atoms with Crippen molar-refractivity contribution in [3.8, 4) is 0 Å². The Morgan fingerprint density at radius 2 is 1.92 bits per heavy atom. The van der Waals surface area contributed by atoms with Crippen LogP contribution in [0.4, 0.5) is 5.82 Å². The molecular formula is C26H24N6O2S2. The average molecular weight is 517 g/mol. The van der Waals surface area contributed by atoms with Crippen LogP contribution in [0.5, 0.6) is 0 Å². The van der Waals surface area contributed by atoms with Crippen LogP contribution in [0, 0.1) is 0 Å². The number of benzene rings is 1. The monoisotopic (exact) mass is 516 g/mol. The summed E-state index contributed by atoms with van der Waals surface area (Å²) in [6, 6.07) is 14.9. The van der Waals surface area contributed by atoms with Gasteiger partial charge in [-0.15, -0.1) is 0 Å². The first-order valence-electron chi connectivity index (χ1n) is 11.6. The van der Waals surface area contributed by atoms with E-state index in [9.17, 15) is 9.59 Å². The molecule has 1 atom stereocenters. The summed E-state index contributed by atoms with van der Waals surface area (Å²) in [7, 11) is 0. The van der Waals surface area contributed by atoms with Gasteiger partial charge in [0.05, 0.1) is 22.8 Å². The zero-order valence-corrected chi connectivity index (χ0v) is 21.2. The number of fused-ring (bicyclic) bond motifs is 1. The molecule has 1 unspecified atom stereocenters. The Bertz CT molecular complexity index is 1500. The minimum Gasteiger partial charge on any atom is -0.369 e. The molecule has 1 N–H and O–H groups in total. The Kier molecular flexibility index (Phi) is 6.97. The van der Waals surface area contributed by atoms with Crippen molar-refractivity contribution in [2.45, 2.75) is 25.9 Å². The zero-order chi connectivity index (χ0) is 25.1. The maximum absolute atomic E-state index is 13.4. The Morgan fingerprint density at radius 1 is 1.11 bits per heavy atom. The third-order valence-corrected chi connectivity index (χ3v) is 7.31. The quantitative estimate of drug-likeness (QED) is 0.212. The molecule has 0 saturated carbocycles. The molecule has 0 radical (unpaired) electrons. The molecule has 36 heavy (non-hydrogen) atoms. The van der Waals surface area contributed by atoms with Crippen LogP contribution in [0.3, 0.4) is 0 Å². The van der Waals surface area contributed by atoms with E-state index in [0.717, 1.165) is 18.5 Å². The molecule has 1 fully saturated rings. The highest BCUT2D eigenvalue weighted by atomic mass is 32.2. The van der Waals surface area contributed by atoms with Gasteiger partial charge in [-0.2, -0.15) is 0 Å². The van der Waals surface area contributed by atoms with Gasteiger partial charge in [0.25, 0.3) is 11.5 Å². The summed E-state index contributed by atoms with van der Waals surface area (Å²) in [6.45, 7) is 3.33. The summed E-state index contributed by atoms with van der Waals surface area (Å²) in [5.74, 6) is 0.225. The van der Waals surface area contributed by atoms with E-state index in [1.807, 2.05) is 54.1 Å². The first kappa shape index (κ1) is 24.0. The third kappa shape index (κ3) is 4.82. The van der Waals surface area contributed by atoms with Gasteiger partial charge < -0.3 is 9.88 Å². The lowest BCUT2D eigenvalue weighted by Gasteiger charge is -2.23. The highest BCUT2D eigenvalue weighted by Crippen LogP contribution is 2.38. The zero-order valence-electron chi connectivity index (χ0n) is 19.6. The number of hydrogen-bond acceptors (Lipinski definition) is 7. The van der Waals surface area contributed by atoms with E-state index < -0.39 is 0 Å². The standard InChI is InChI=1S/C26H24N6O2S2/c1-18(19-8-3-2-4-9-19)32-25(34)21(36-26(32)35)16-20-23(28-11-7-13-30-15-12-27-17-30)29-22-10-5-6-14-31(22)24(20)33/h2-6,8-10,12,14-18,28H,7,11,13H2,1H3. The van der Waals surface area contributed by atoms with Gasteiger partial charge in [-0.3, -0.25) is 18.9 Å². The van der Waals surface area contributed by atoms with E-state index in [1.54, 1.807) is 41.8 Å². The molecule has 4 aromatic rings. The third-order valence-electron chi connectivity index (χ3n) is 5.98. The van der Waals surface area contributed by atoms with Crippen molar-refractivity contribution in [3.63, 3.8) is 0 Å². The van der Waals surface area contributed by atoms with Crippen LogP contribution in [-0.4, -0.2) is 40.6 Å². The number of carbonyl (C=O) groups excluding carboxylic acids is 1. The second-order valence-electron chi connectivity index (χ2n) is 8.33. The summed E-state index contributed by atoms with van der Waals surface area (Å²) in [4.78, 5) is 37.6.